The van der Waals surface area contributed by atoms with Crippen LogP contribution in [0.3, 0.4) is 0 Å². The average Bonchev–Trinajstić information content (AvgIpc) is 2.46. The molecule has 3 nitrogen and oxygen atoms in total. The monoisotopic (exact) mass is 240 g/mol. The summed E-state index contributed by atoms with van der Waals surface area (Å²) in [5.74, 6) is 0.829. The molecule has 0 radical (unpaired) electrons. The molecule has 2 rings (SSSR count). The lowest BCUT2D eigenvalue weighted by atomic mass is 10.3. The minimum Gasteiger partial charge on any atom is -0.396 e. The molecule has 0 unspecified atom stereocenters. The number of nitrogens with one attached hydrogen (secondary N) is 1. The predicted molar refractivity (Wildman–Crippen MR) is 54.6 cm³/mol. The molecule has 2 aromatic rings. The fourth-order valence-electron chi connectivity index (χ4n) is 1.26. The first kappa shape index (κ1) is 8.72. The van der Waals surface area contributed by atoms with Crippen LogP contribution in [0.4, 0.5) is 0 Å². The van der Waals surface area contributed by atoms with Crippen LogP contribution < -0.4 is 0 Å². The number of halogens is 1. The van der Waals surface area contributed by atoms with Crippen LogP contribution in [-0.2, 0) is 6.42 Å². The van der Waals surface area contributed by atoms with Crippen molar-refractivity contribution in [3.05, 3.63) is 28.5 Å². The largest absolute Gasteiger partial charge is 0.396 e. The van der Waals surface area contributed by atoms with Gasteiger partial charge in [0.1, 0.15) is 5.82 Å². The molecule has 0 aliphatic rings. The Balaban J connectivity index is 2.49. The van der Waals surface area contributed by atoms with E-state index >= 15 is 0 Å². The number of aliphatic hydroxyl groups excluding tert-OH is 1. The summed E-state index contributed by atoms with van der Waals surface area (Å²) in [5.41, 5.74) is 1.93. The number of H-pyrrole nitrogens is 1. The second-order valence-corrected chi connectivity index (χ2v) is 3.73. The molecule has 0 amide bonds. The normalized spacial score (nSPS) is 10.9. The third kappa shape index (κ3) is 1.73. The summed E-state index contributed by atoms with van der Waals surface area (Å²) in [6, 6.07) is 5.87. The minimum absolute atomic E-state index is 0.126. The van der Waals surface area contributed by atoms with Gasteiger partial charge in [0, 0.05) is 10.9 Å². The molecule has 0 saturated heterocycles. The minimum atomic E-state index is 0.126. The lowest BCUT2D eigenvalue weighted by Crippen LogP contribution is -1.91. The van der Waals surface area contributed by atoms with Crippen molar-refractivity contribution in [2.24, 2.45) is 0 Å². The van der Waals surface area contributed by atoms with Crippen molar-refractivity contribution in [2.75, 3.05) is 6.61 Å². The molecule has 1 heterocycles. The number of aliphatic hydroxyl groups is 1. The lowest BCUT2D eigenvalue weighted by molar-refractivity contribution is 0.297. The van der Waals surface area contributed by atoms with Crippen LogP contribution in [-0.4, -0.2) is 21.7 Å². The Morgan fingerprint density at radius 1 is 1.46 bits per heavy atom. The van der Waals surface area contributed by atoms with Crippen molar-refractivity contribution in [2.45, 2.75) is 6.42 Å². The number of hydrogen-bond acceptors (Lipinski definition) is 2. The first-order valence-electron chi connectivity index (χ1n) is 4.04. The van der Waals surface area contributed by atoms with Gasteiger partial charge < -0.3 is 10.1 Å². The van der Waals surface area contributed by atoms with E-state index in [9.17, 15) is 0 Å². The van der Waals surface area contributed by atoms with Crippen LogP contribution in [0, 0.1) is 0 Å². The maximum atomic E-state index is 8.73. The highest BCUT2D eigenvalue weighted by atomic mass is 79.9. The van der Waals surface area contributed by atoms with E-state index in [4.69, 9.17) is 5.11 Å². The smallest absolute Gasteiger partial charge is 0.109 e. The fraction of sp³-hybridized carbons (Fsp3) is 0.222. The predicted octanol–water partition coefficient (Wildman–Crippen LogP) is 1.86. The zero-order valence-electron chi connectivity index (χ0n) is 6.92. The molecule has 68 valence electrons. The van der Waals surface area contributed by atoms with Gasteiger partial charge in [0.15, 0.2) is 0 Å². The van der Waals surface area contributed by atoms with Gasteiger partial charge >= 0.3 is 0 Å². The number of fused-ring (bicyclic) bond motifs is 1. The molecule has 0 saturated carbocycles. The van der Waals surface area contributed by atoms with Crippen LogP contribution >= 0.6 is 15.9 Å². The molecule has 0 spiro atoms. The first-order chi connectivity index (χ1) is 6.29. The van der Waals surface area contributed by atoms with E-state index in [2.05, 4.69) is 25.9 Å². The summed E-state index contributed by atoms with van der Waals surface area (Å²) in [6.45, 7) is 0.126. The molecule has 0 aliphatic carbocycles. The molecule has 0 fully saturated rings. The van der Waals surface area contributed by atoms with Crippen molar-refractivity contribution in [3.63, 3.8) is 0 Å². The van der Waals surface area contributed by atoms with Crippen LogP contribution in [0.25, 0.3) is 11.0 Å². The van der Waals surface area contributed by atoms with E-state index in [1.807, 2.05) is 18.2 Å². The Morgan fingerprint density at radius 3 is 3.08 bits per heavy atom. The van der Waals surface area contributed by atoms with Crippen molar-refractivity contribution >= 4 is 27.0 Å². The Labute approximate surface area is 83.9 Å². The Morgan fingerprint density at radius 2 is 2.31 bits per heavy atom. The Bertz CT molecular complexity index is 424. The first-order valence-corrected chi connectivity index (χ1v) is 4.84. The van der Waals surface area contributed by atoms with Crippen LogP contribution in [0.2, 0.25) is 0 Å². The molecule has 2 N–H and O–H groups in total. The van der Waals surface area contributed by atoms with Crippen molar-refractivity contribution in [1.82, 2.24) is 9.97 Å². The second-order valence-electron chi connectivity index (χ2n) is 2.82. The second kappa shape index (κ2) is 3.47. The summed E-state index contributed by atoms with van der Waals surface area (Å²) in [6.07, 6.45) is 0.576. The number of aromatic amines is 1. The number of nitrogens with zero attached hydrogens (tertiary/aromatic N) is 1. The third-order valence-corrected chi connectivity index (χ3v) is 2.33. The maximum absolute atomic E-state index is 8.73. The molecular weight excluding hydrogens is 232 g/mol. The molecule has 4 heteroatoms. The number of rotatable bonds is 2. The molecule has 0 aliphatic heterocycles. The zero-order chi connectivity index (χ0) is 9.26. The van der Waals surface area contributed by atoms with Gasteiger partial charge in [0.05, 0.1) is 17.6 Å². The van der Waals surface area contributed by atoms with E-state index in [0.717, 1.165) is 21.3 Å². The SMILES string of the molecule is OCCc1nc2ccc(Br)cc2[nH]1. The number of aromatic nitrogens is 2. The molecule has 0 atom stereocenters. The summed E-state index contributed by atoms with van der Waals surface area (Å²) in [5, 5.41) is 8.73. The van der Waals surface area contributed by atoms with Crippen LogP contribution in [0.5, 0.6) is 0 Å². The Kier molecular flexibility index (Phi) is 2.33. The number of benzene rings is 1. The molecule has 1 aromatic heterocycles. The quantitative estimate of drug-likeness (QED) is 0.843. The van der Waals surface area contributed by atoms with E-state index in [0.29, 0.717) is 6.42 Å². The van der Waals surface area contributed by atoms with Gasteiger partial charge in [-0.3, -0.25) is 0 Å². The summed E-state index contributed by atoms with van der Waals surface area (Å²) in [7, 11) is 0. The van der Waals surface area contributed by atoms with Crippen molar-refractivity contribution in [3.8, 4) is 0 Å². The van der Waals surface area contributed by atoms with Gasteiger partial charge in [-0.15, -0.1) is 0 Å². The highest BCUT2D eigenvalue weighted by Gasteiger charge is 2.01. The highest BCUT2D eigenvalue weighted by Crippen LogP contribution is 2.17. The van der Waals surface area contributed by atoms with Crippen molar-refractivity contribution < 1.29 is 5.11 Å². The third-order valence-electron chi connectivity index (χ3n) is 1.84. The van der Waals surface area contributed by atoms with Gasteiger partial charge in [-0.2, -0.15) is 0 Å². The average molecular weight is 241 g/mol. The molecule has 1 aromatic carbocycles. The van der Waals surface area contributed by atoms with E-state index in [-0.39, 0.29) is 6.61 Å². The fourth-order valence-corrected chi connectivity index (χ4v) is 1.62. The summed E-state index contributed by atoms with van der Waals surface area (Å²) >= 11 is 3.38. The van der Waals surface area contributed by atoms with Crippen molar-refractivity contribution in [1.29, 1.82) is 0 Å². The highest BCUT2D eigenvalue weighted by molar-refractivity contribution is 9.10. The molecule has 13 heavy (non-hydrogen) atoms. The van der Waals surface area contributed by atoms with Gasteiger partial charge in [0.2, 0.25) is 0 Å². The summed E-state index contributed by atoms with van der Waals surface area (Å²) in [4.78, 5) is 7.44. The molecule has 0 bridgehead atoms. The molecular formula is C9H9BrN2O. The van der Waals surface area contributed by atoms with Gasteiger partial charge in [0.25, 0.3) is 0 Å². The van der Waals surface area contributed by atoms with E-state index in [1.165, 1.54) is 0 Å². The van der Waals surface area contributed by atoms with Gasteiger partial charge in [-0.05, 0) is 18.2 Å². The number of imidazole rings is 1. The lowest BCUT2D eigenvalue weighted by Gasteiger charge is -1.88. The Hall–Kier alpha value is -0.870. The maximum Gasteiger partial charge on any atom is 0.109 e. The summed E-state index contributed by atoms with van der Waals surface area (Å²) < 4.78 is 1.03. The van der Waals surface area contributed by atoms with E-state index in [1.54, 1.807) is 0 Å². The van der Waals surface area contributed by atoms with Gasteiger partial charge in [-0.25, -0.2) is 4.98 Å². The standard InChI is InChI=1S/C9H9BrN2O/c10-6-1-2-7-8(5-6)12-9(11-7)3-4-13/h1-2,5,13H,3-4H2,(H,11,12). The van der Waals surface area contributed by atoms with Crippen LogP contribution in [0.15, 0.2) is 22.7 Å². The number of hydrogen-bond donors (Lipinski definition) is 2. The zero-order valence-corrected chi connectivity index (χ0v) is 8.50. The van der Waals surface area contributed by atoms with Gasteiger partial charge in [-0.1, -0.05) is 15.9 Å². The topological polar surface area (TPSA) is 48.9 Å². The van der Waals surface area contributed by atoms with E-state index < -0.39 is 0 Å². The van der Waals surface area contributed by atoms with Crippen LogP contribution in [0.1, 0.15) is 5.82 Å².